The molecule has 0 radical (unpaired) electrons. The summed E-state index contributed by atoms with van der Waals surface area (Å²) >= 11 is 0. The molecule has 0 spiro atoms. The number of aromatic amines is 1. The molecule has 3 aromatic carbocycles. The Labute approximate surface area is 340 Å². The minimum absolute atomic E-state index is 0.00317. The average Bonchev–Trinajstić information content (AvgIpc) is 3.93. The van der Waals surface area contributed by atoms with Crippen molar-refractivity contribution in [3.05, 3.63) is 113 Å². The number of H-pyrrole nitrogens is 1. The SMILES string of the molecule is C=C1Oc2cc(CCCCC)c(-c3cc4ccccc4[nH]3)c(O)c2C2C=C(COc3cc(CCCCC)c(N4CC4)c(O)c3C3C=C(C)CCC3C(=C)C)CCC12. The van der Waals surface area contributed by atoms with Crippen LogP contribution < -0.4 is 14.4 Å². The van der Waals surface area contributed by atoms with E-state index >= 15 is 0 Å². The molecule has 1 aromatic heterocycles. The molecule has 1 fully saturated rings. The first-order chi connectivity index (χ1) is 27.7. The molecule has 2 aliphatic carbocycles. The second-order valence-electron chi connectivity index (χ2n) is 17.4. The van der Waals surface area contributed by atoms with Gasteiger partial charge in [0.2, 0.25) is 0 Å². The Kier molecular flexibility index (Phi) is 11.3. The largest absolute Gasteiger partial charge is 0.507 e. The first-order valence-electron chi connectivity index (χ1n) is 21.8. The molecule has 4 unspecified atom stereocenters. The van der Waals surface area contributed by atoms with Crippen LogP contribution in [-0.2, 0) is 12.8 Å². The molecule has 0 bridgehead atoms. The Morgan fingerprint density at radius 3 is 2.37 bits per heavy atom. The number of para-hydroxylation sites is 1. The summed E-state index contributed by atoms with van der Waals surface area (Å²) in [4.78, 5) is 5.93. The summed E-state index contributed by atoms with van der Waals surface area (Å²) < 4.78 is 13.5. The van der Waals surface area contributed by atoms with Crippen molar-refractivity contribution in [2.45, 2.75) is 117 Å². The number of nitrogens with zero attached hydrogens (tertiary/aromatic N) is 1. The zero-order valence-corrected chi connectivity index (χ0v) is 34.7. The number of hydrogen-bond donors (Lipinski definition) is 3. The van der Waals surface area contributed by atoms with Crippen molar-refractivity contribution in [1.29, 1.82) is 0 Å². The number of nitrogens with one attached hydrogen (secondary N) is 1. The lowest BCUT2D eigenvalue weighted by Crippen LogP contribution is -2.27. The van der Waals surface area contributed by atoms with Crippen molar-refractivity contribution in [3.8, 4) is 34.3 Å². The van der Waals surface area contributed by atoms with Crippen LogP contribution in [0.1, 0.15) is 126 Å². The molecule has 2 aliphatic heterocycles. The summed E-state index contributed by atoms with van der Waals surface area (Å²) in [5, 5.41) is 25.9. The predicted octanol–water partition coefficient (Wildman–Crippen LogP) is 13.0. The fraction of sp³-hybridized carbons (Fsp3) is 0.451. The number of aromatic hydroxyl groups is 2. The van der Waals surface area contributed by atoms with E-state index in [1.165, 1.54) is 16.7 Å². The van der Waals surface area contributed by atoms with Gasteiger partial charge in [-0.25, -0.2) is 0 Å². The highest BCUT2D eigenvalue weighted by Gasteiger charge is 2.40. The number of unbranched alkanes of at least 4 members (excludes halogenated alkanes) is 4. The second-order valence-corrected chi connectivity index (χ2v) is 17.4. The number of benzene rings is 3. The van der Waals surface area contributed by atoms with Crippen molar-refractivity contribution in [1.82, 2.24) is 4.98 Å². The first kappa shape index (κ1) is 39.0. The number of fused-ring (bicyclic) bond motifs is 4. The Balaban J connectivity index is 1.18. The highest BCUT2D eigenvalue weighted by atomic mass is 16.5. The molecule has 4 aromatic rings. The van der Waals surface area contributed by atoms with Crippen LogP contribution in [0.2, 0.25) is 0 Å². The van der Waals surface area contributed by atoms with Gasteiger partial charge >= 0.3 is 0 Å². The van der Waals surface area contributed by atoms with Crippen LogP contribution in [0.3, 0.4) is 0 Å². The minimum atomic E-state index is -0.0966. The molecule has 57 heavy (non-hydrogen) atoms. The minimum Gasteiger partial charge on any atom is -0.507 e. The van der Waals surface area contributed by atoms with Crippen LogP contribution in [0.5, 0.6) is 23.0 Å². The molecule has 1 saturated heterocycles. The zero-order chi connectivity index (χ0) is 39.8. The number of aryl methyl sites for hydroxylation is 2. The number of rotatable bonds is 15. The van der Waals surface area contributed by atoms with Gasteiger partial charge in [-0.1, -0.05) is 94.2 Å². The lowest BCUT2D eigenvalue weighted by Gasteiger charge is -2.38. The quantitative estimate of drug-likeness (QED) is 0.0638. The highest BCUT2D eigenvalue weighted by molar-refractivity contribution is 5.89. The summed E-state index contributed by atoms with van der Waals surface area (Å²) in [6.07, 6.45) is 16.9. The number of allylic oxidation sites excluding steroid dienone is 5. The Hall–Kier alpha value is -4.84. The zero-order valence-electron chi connectivity index (χ0n) is 34.7. The van der Waals surface area contributed by atoms with Gasteiger partial charge in [0.1, 0.15) is 35.4 Å². The topological polar surface area (TPSA) is 77.7 Å². The van der Waals surface area contributed by atoms with Gasteiger partial charge < -0.3 is 29.6 Å². The maximum absolute atomic E-state index is 12.4. The van der Waals surface area contributed by atoms with E-state index in [9.17, 15) is 10.2 Å². The summed E-state index contributed by atoms with van der Waals surface area (Å²) in [6.45, 7) is 20.0. The molecule has 8 rings (SSSR count). The van der Waals surface area contributed by atoms with Gasteiger partial charge in [-0.05, 0) is 112 Å². The number of anilines is 1. The van der Waals surface area contributed by atoms with E-state index in [0.29, 0.717) is 23.9 Å². The van der Waals surface area contributed by atoms with E-state index < -0.39 is 0 Å². The number of aromatic nitrogens is 1. The Morgan fingerprint density at radius 1 is 0.895 bits per heavy atom. The number of phenols is 2. The van der Waals surface area contributed by atoms with E-state index in [0.717, 1.165) is 152 Å². The van der Waals surface area contributed by atoms with Crippen molar-refractivity contribution in [3.63, 3.8) is 0 Å². The Bertz CT molecular complexity index is 2200. The van der Waals surface area contributed by atoms with Gasteiger partial charge in [0.05, 0.1) is 11.4 Å². The third-order valence-electron chi connectivity index (χ3n) is 13.1. The molecule has 0 saturated carbocycles. The van der Waals surface area contributed by atoms with Gasteiger partial charge in [0.15, 0.2) is 0 Å². The summed E-state index contributed by atoms with van der Waals surface area (Å²) in [5.74, 6) is 3.13. The van der Waals surface area contributed by atoms with Gasteiger partial charge in [-0.15, -0.1) is 0 Å². The Morgan fingerprint density at radius 2 is 1.65 bits per heavy atom. The van der Waals surface area contributed by atoms with Crippen molar-refractivity contribution in [2.24, 2.45) is 11.8 Å². The van der Waals surface area contributed by atoms with Gasteiger partial charge in [-0.2, -0.15) is 0 Å². The number of hydrogen-bond acceptors (Lipinski definition) is 5. The van der Waals surface area contributed by atoms with Crippen LogP contribution in [0.25, 0.3) is 22.2 Å². The summed E-state index contributed by atoms with van der Waals surface area (Å²) in [7, 11) is 0. The molecule has 300 valence electrons. The van der Waals surface area contributed by atoms with Crippen LogP contribution >= 0.6 is 0 Å². The van der Waals surface area contributed by atoms with E-state index in [1.54, 1.807) is 0 Å². The second kappa shape index (κ2) is 16.6. The molecule has 4 atom stereocenters. The summed E-state index contributed by atoms with van der Waals surface area (Å²) in [6, 6.07) is 14.9. The molecule has 6 heteroatoms. The van der Waals surface area contributed by atoms with E-state index in [-0.39, 0.29) is 23.7 Å². The fourth-order valence-corrected chi connectivity index (χ4v) is 9.95. The molecular weight excluding hydrogens is 705 g/mol. The van der Waals surface area contributed by atoms with Crippen molar-refractivity contribution >= 4 is 16.6 Å². The van der Waals surface area contributed by atoms with E-state index in [1.807, 2.05) is 6.07 Å². The number of ether oxygens (including phenoxy) is 2. The maximum atomic E-state index is 12.4. The average molecular weight is 767 g/mol. The summed E-state index contributed by atoms with van der Waals surface area (Å²) in [5.41, 5.74) is 11.6. The molecule has 0 amide bonds. The van der Waals surface area contributed by atoms with Crippen LogP contribution in [0.4, 0.5) is 5.69 Å². The molecule has 4 aliphatic rings. The standard InChI is InChI=1S/C51H62N2O4/c1-7-9-11-16-36-28-45-48(50(54)46(36)43-27-35-15-13-14-18-42(35)52-43)41-26-34(20-22-39(41)33(6)57-45)30-56-44-29-37(17-12-10-8-2)49(53-23-24-53)51(55)47(44)40-25-32(5)19-21-38(40)31(3)4/h13-15,18,25-29,38-41,52,54-55H,3,6-12,16-17,19-24,30H2,1-2,4-5H3. The third kappa shape index (κ3) is 7.77. The predicted molar refractivity (Wildman–Crippen MR) is 235 cm³/mol. The van der Waals surface area contributed by atoms with Crippen LogP contribution in [0, 0.1) is 11.8 Å². The van der Waals surface area contributed by atoms with Gasteiger partial charge in [-0.3, -0.25) is 0 Å². The monoisotopic (exact) mass is 766 g/mol. The normalized spacial score (nSPS) is 21.4. The lowest BCUT2D eigenvalue weighted by molar-refractivity contribution is 0.265. The molecule has 3 heterocycles. The van der Waals surface area contributed by atoms with Crippen LogP contribution in [0.15, 0.2) is 90.3 Å². The number of phenolic OH excluding ortho intramolecular Hbond substituents is 2. The third-order valence-corrected chi connectivity index (χ3v) is 13.1. The smallest absolute Gasteiger partial charge is 0.146 e. The highest BCUT2D eigenvalue weighted by Crippen LogP contribution is 2.55. The van der Waals surface area contributed by atoms with Crippen LogP contribution in [-0.4, -0.2) is 34.9 Å². The lowest BCUT2D eigenvalue weighted by atomic mass is 9.73. The van der Waals surface area contributed by atoms with E-state index in [4.69, 9.17) is 9.47 Å². The van der Waals surface area contributed by atoms with Gasteiger partial charge in [0.25, 0.3) is 0 Å². The molecular formula is C51H62N2O4. The fourth-order valence-electron chi connectivity index (χ4n) is 9.95. The molecule has 3 N–H and O–H groups in total. The maximum Gasteiger partial charge on any atom is 0.146 e. The van der Waals surface area contributed by atoms with Crippen molar-refractivity contribution in [2.75, 3.05) is 24.6 Å². The first-order valence-corrected chi connectivity index (χ1v) is 21.8. The van der Waals surface area contributed by atoms with E-state index in [2.05, 4.69) is 99.3 Å². The molecule has 6 nitrogen and oxygen atoms in total. The van der Waals surface area contributed by atoms with Crippen molar-refractivity contribution < 1.29 is 19.7 Å². The van der Waals surface area contributed by atoms with Gasteiger partial charge in [0, 0.05) is 58.4 Å².